The molecule has 2 heterocycles. The molecule has 0 bridgehead atoms. The molecule has 2 N–H and O–H groups in total. The monoisotopic (exact) mass is 270 g/mol. The number of thiazole rings is 1. The molecule has 0 saturated carbocycles. The van der Waals surface area contributed by atoms with Crippen molar-refractivity contribution in [3.63, 3.8) is 0 Å². The molecule has 0 amide bonds. The first-order valence-corrected chi connectivity index (χ1v) is 7.92. The highest BCUT2D eigenvalue weighted by molar-refractivity contribution is 8.01. The van der Waals surface area contributed by atoms with E-state index in [1.807, 2.05) is 17.8 Å². The minimum atomic E-state index is 0.835. The van der Waals surface area contributed by atoms with E-state index in [0.717, 1.165) is 25.7 Å². The minimum Gasteiger partial charge on any atom is -0.389 e. The molecule has 2 rings (SSSR count). The molecule has 2 aromatic rings. The van der Waals surface area contributed by atoms with Gasteiger partial charge in [-0.05, 0) is 17.9 Å². The van der Waals surface area contributed by atoms with E-state index < -0.39 is 0 Å². The standard InChI is InChI=1S/C11H14N2S3/c1-2-3-6-15-11-13-9(10(12)16-11)8-5-4-7-14-8/h4-5,7H,2-3,6,12H2,1H3. The topological polar surface area (TPSA) is 38.9 Å². The smallest absolute Gasteiger partial charge is 0.152 e. The van der Waals surface area contributed by atoms with Crippen LogP contribution < -0.4 is 5.73 Å². The molecule has 0 aliphatic rings. The van der Waals surface area contributed by atoms with Gasteiger partial charge in [0.05, 0.1) is 4.88 Å². The van der Waals surface area contributed by atoms with E-state index in [9.17, 15) is 0 Å². The van der Waals surface area contributed by atoms with Gasteiger partial charge in [-0.25, -0.2) is 4.98 Å². The largest absolute Gasteiger partial charge is 0.389 e. The van der Waals surface area contributed by atoms with Crippen molar-refractivity contribution in [1.29, 1.82) is 0 Å². The molecule has 0 radical (unpaired) electrons. The molecule has 0 fully saturated rings. The molecule has 0 aliphatic heterocycles. The van der Waals surface area contributed by atoms with Gasteiger partial charge in [-0.1, -0.05) is 42.5 Å². The molecule has 0 atom stereocenters. The molecule has 0 aromatic carbocycles. The van der Waals surface area contributed by atoms with Crippen LogP contribution >= 0.6 is 34.4 Å². The number of thiophene rings is 1. The SMILES string of the molecule is CCCCSc1nc(-c2cccs2)c(N)s1. The molecule has 86 valence electrons. The normalized spacial score (nSPS) is 10.8. The fraction of sp³-hybridized carbons (Fsp3) is 0.364. The number of hydrogen-bond acceptors (Lipinski definition) is 5. The summed E-state index contributed by atoms with van der Waals surface area (Å²) in [5.74, 6) is 1.13. The molecule has 0 spiro atoms. The van der Waals surface area contributed by atoms with E-state index in [1.165, 1.54) is 12.8 Å². The number of aromatic nitrogens is 1. The van der Waals surface area contributed by atoms with Crippen LogP contribution in [0.1, 0.15) is 19.8 Å². The third-order valence-corrected chi connectivity index (χ3v) is 5.10. The maximum Gasteiger partial charge on any atom is 0.152 e. The van der Waals surface area contributed by atoms with Crippen molar-refractivity contribution in [3.8, 4) is 10.6 Å². The summed E-state index contributed by atoms with van der Waals surface area (Å²) in [6, 6.07) is 4.10. The summed E-state index contributed by atoms with van der Waals surface area (Å²) in [5.41, 5.74) is 6.94. The van der Waals surface area contributed by atoms with Gasteiger partial charge in [0.25, 0.3) is 0 Å². The van der Waals surface area contributed by atoms with Crippen LogP contribution in [0.5, 0.6) is 0 Å². The molecule has 2 nitrogen and oxygen atoms in total. The molecular weight excluding hydrogens is 256 g/mol. The van der Waals surface area contributed by atoms with Gasteiger partial charge in [-0.2, -0.15) is 0 Å². The second-order valence-electron chi connectivity index (χ2n) is 3.37. The van der Waals surface area contributed by atoms with Crippen LogP contribution in [0.15, 0.2) is 21.9 Å². The van der Waals surface area contributed by atoms with Crippen molar-refractivity contribution in [2.24, 2.45) is 0 Å². The van der Waals surface area contributed by atoms with E-state index in [2.05, 4.69) is 23.4 Å². The zero-order valence-corrected chi connectivity index (χ0v) is 11.6. The second kappa shape index (κ2) is 5.70. The van der Waals surface area contributed by atoms with Crippen molar-refractivity contribution in [3.05, 3.63) is 17.5 Å². The summed E-state index contributed by atoms with van der Waals surface area (Å²) in [4.78, 5) is 5.75. The van der Waals surface area contributed by atoms with Crippen molar-refractivity contribution in [2.45, 2.75) is 24.1 Å². The van der Waals surface area contributed by atoms with Crippen LogP contribution in [0.4, 0.5) is 5.00 Å². The van der Waals surface area contributed by atoms with Crippen LogP contribution in [-0.4, -0.2) is 10.7 Å². The Morgan fingerprint density at radius 1 is 1.50 bits per heavy atom. The lowest BCUT2D eigenvalue weighted by atomic mass is 10.4. The average Bonchev–Trinajstić information content (AvgIpc) is 2.87. The first-order chi connectivity index (χ1) is 7.81. The Hall–Kier alpha value is -0.520. The molecule has 2 aromatic heterocycles. The Morgan fingerprint density at radius 3 is 3.06 bits per heavy atom. The maximum atomic E-state index is 5.99. The maximum absolute atomic E-state index is 5.99. The summed E-state index contributed by atoms with van der Waals surface area (Å²) in [6.07, 6.45) is 2.46. The lowest BCUT2D eigenvalue weighted by Gasteiger charge is -1.93. The fourth-order valence-corrected chi connectivity index (χ4v) is 4.16. The number of hydrogen-bond donors (Lipinski definition) is 1. The Labute approximate surface area is 108 Å². The van der Waals surface area contributed by atoms with Crippen LogP contribution in [0.3, 0.4) is 0 Å². The van der Waals surface area contributed by atoms with Crippen molar-refractivity contribution >= 4 is 39.4 Å². The Balaban J connectivity index is 2.10. The van der Waals surface area contributed by atoms with Gasteiger partial charge < -0.3 is 5.73 Å². The zero-order valence-electron chi connectivity index (χ0n) is 9.10. The second-order valence-corrected chi connectivity index (χ2v) is 6.69. The number of unbranched alkanes of at least 4 members (excludes halogenated alkanes) is 1. The highest BCUT2D eigenvalue weighted by Crippen LogP contribution is 2.37. The zero-order chi connectivity index (χ0) is 11.4. The number of nitrogens with zero attached hydrogens (tertiary/aromatic N) is 1. The van der Waals surface area contributed by atoms with E-state index >= 15 is 0 Å². The molecule has 5 heteroatoms. The van der Waals surface area contributed by atoms with Gasteiger partial charge in [-0.15, -0.1) is 11.3 Å². The predicted octanol–water partition coefficient (Wildman–Crippen LogP) is 4.35. The number of nitrogen functional groups attached to an aromatic ring is 1. The first-order valence-electron chi connectivity index (χ1n) is 5.24. The Kier molecular flexibility index (Phi) is 4.26. The first kappa shape index (κ1) is 12.0. The number of anilines is 1. The van der Waals surface area contributed by atoms with Crippen molar-refractivity contribution in [2.75, 3.05) is 11.5 Å². The van der Waals surface area contributed by atoms with Crippen LogP contribution in [-0.2, 0) is 0 Å². The Bertz CT molecular complexity index is 434. The van der Waals surface area contributed by atoms with Crippen molar-refractivity contribution < 1.29 is 0 Å². The van der Waals surface area contributed by atoms with Crippen LogP contribution in [0.2, 0.25) is 0 Å². The van der Waals surface area contributed by atoms with Crippen LogP contribution in [0, 0.1) is 0 Å². The van der Waals surface area contributed by atoms with Gasteiger partial charge in [0.15, 0.2) is 4.34 Å². The van der Waals surface area contributed by atoms with Crippen LogP contribution in [0.25, 0.3) is 10.6 Å². The van der Waals surface area contributed by atoms with E-state index in [1.54, 1.807) is 22.7 Å². The molecular formula is C11H14N2S3. The highest BCUT2D eigenvalue weighted by Gasteiger charge is 2.11. The fourth-order valence-electron chi connectivity index (χ4n) is 1.27. The molecule has 0 saturated heterocycles. The lowest BCUT2D eigenvalue weighted by Crippen LogP contribution is -1.82. The number of nitrogens with two attached hydrogens (primary N) is 1. The summed E-state index contributed by atoms with van der Waals surface area (Å²) in [5, 5.41) is 2.89. The van der Waals surface area contributed by atoms with Crippen molar-refractivity contribution in [1.82, 2.24) is 4.98 Å². The third kappa shape index (κ3) is 2.78. The predicted molar refractivity (Wildman–Crippen MR) is 75.5 cm³/mol. The van der Waals surface area contributed by atoms with E-state index in [-0.39, 0.29) is 0 Å². The van der Waals surface area contributed by atoms with Gasteiger partial charge in [-0.3, -0.25) is 0 Å². The number of rotatable bonds is 5. The summed E-state index contributed by atoms with van der Waals surface area (Å²) in [6.45, 7) is 2.20. The van der Waals surface area contributed by atoms with Gasteiger partial charge in [0.2, 0.25) is 0 Å². The quantitative estimate of drug-likeness (QED) is 0.648. The summed E-state index contributed by atoms with van der Waals surface area (Å²) in [7, 11) is 0. The molecule has 16 heavy (non-hydrogen) atoms. The Morgan fingerprint density at radius 2 is 2.38 bits per heavy atom. The highest BCUT2D eigenvalue weighted by atomic mass is 32.2. The minimum absolute atomic E-state index is 0.835. The molecule has 0 unspecified atom stereocenters. The third-order valence-electron chi connectivity index (χ3n) is 2.11. The lowest BCUT2D eigenvalue weighted by molar-refractivity contribution is 0.896. The summed E-state index contributed by atoms with van der Waals surface area (Å²) >= 11 is 5.10. The van der Waals surface area contributed by atoms with E-state index in [0.29, 0.717) is 0 Å². The average molecular weight is 270 g/mol. The van der Waals surface area contributed by atoms with Gasteiger partial charge >= 0.3 is 0 Å². The summed E-state index contributed by atoms with van der Waals surface area (Å²) < 4.78 is 1.09. The van der Waals surface area contributed by atoms with E-state index in [4.69, 9.17) is 5.73 Å². The van der Waals surface area contributed by atoms with Gasteiger partial charge in [0.1, 0.15) is 10.7 Å². The van der Waals surface area contributed by atoms with Gasteiger partial charge in [0, 0.05) is 5.75 Å². The number of thioether (sulfide) groups is 1. The molecule has 0 aliphatic carbocycles.